The highest BCUT2D eigenvalue weighted by molar-refractivity contribution is 5.73. The maximum absolute atomic E-state index is 10.5. The van der Waals surface area contributed by atoms with Gasteiger partial charge in [-0.25, -0.2) is 0 Å². The molecule has 3 N–H and O–H groups in total. The number of carboxylic acids is 1. The van der Waals surface area contributed by atoms with Crippen molar-refractivity contribution in [2.75, 3.05) is 0 Å². The molecule has 0 saturated heterocycles. The number of carbonyl (C=O) groups is 1. The van der Waals surface area contributed by atoms with Crippen LogP contribution in [0.25, 0.3) is 0 Å². The molecule has 0 aromatic rings. The normalized spacial score (nSPS) is 34.0. The van der Waals surface area contributed by atoms with Crippen LogP contribution in [0.5, 0.6) is 0 Å². The first-order valence-corrected chi connectivity index (χ1v) is 1.83. The quantitative estimate of drug-likeness (QED) is 0.547. The molecule has 0 rings (SSSR count). The van der Waals surface area contributed by atoms with Gasteiger partial charge >= 0.3 is 5.97 Å². The molecule has 1 atom stereocenters. The molecule has 3 nitrogen and oxygen atoms in total. The van der Waals surface area contributed by atoms with Gasteiger partial charge in [-0.05, 0) is 5.92 Å². The highest BCUT2D eigenvalue weighted by atomic mass is 16.4. The second-order valence-corrected chi connectivity index (χ2v) is 1.19. The van der Waals surface area contributed by atoms with Crippen molar-refractivity contribution in [3.63, 3.8) is 0 Å². The fourth-order valence-corrected chi connectivity index (χ4v) is 0.123. The number of nitrogens with two attached hydrogens (primary N) is 1. The summed E-state index contributed by atoms with van der Waals surface area (Å²) in [6.07, 6.45) is 0. The minimum Gasteiger partial charge on any atom is -0.480 e. The third-order valence-electron chi connectivity index (χ3n) is 0.558. The van der Waals surface area contributed by atoms with Crippen LogP contribution in [0.3, 0.4) is 0 Å². The Bertz CT molecular complexity index is 241. The van der Waals surface area contributed by atoms with Crippen LogP contribution in [-0.4, -0.2) is 17.1 Å². The molecule has 0 radical (unpaired) electrons. The average molecular weight is 124 g/mol. The van der Waals surface area contributed by atoms with Gasteiger partial charge in [0.1, 0.15) is 6.02 Å². The van der Waals surface area contributed by atoms with E-state index in [1.165, 1.54) is 0 Å². The fraction of sp³-hybridized carbons (Fsp3) is 0.800. The topological polar surface area (TPSA) is 63.3 Å². The first kappa shape index (κ1) is 1.70. The van der Waals surface area contributed by atoms with Crippen LogP contribution in [0.1, 0.15) is 23.3 Å². The Kier molecular flexibility index (Phi) is 0.568. The zero-order valence-corrected chi connectivity index (χ0v) is 4.01. The predicted octanol–water partition coefficient (Wildman–Crippen LogP) is 0.0543. The zero-order chi connectivity index (χ0) is 12.7. The molecule has 0 aliphatic heterocycles. The van der Waals surface area contributed by atoms with E-state index in [9.17, 15) is 4.79 Å². The van der Waals surface area contributed by atoms with Crippen molar-refractivity contribution in [2.24, 2.45) is 11.7 Å². The van der Waals surface area contributed by atoms with Gasteiger partial charge in [-0.1, -0.05) is 13.7 Å². The second-order valence-electron chi connectivity index (χ2n) is 1.19. The van der Waals surface area contributed by atoms with E-state index in [1.807, 2.05) is 0 Å². The van der Waals surface area contributed by atoms with Gasteiger partial charge in [0.05, 0.1) is 1.37 Å². The first-order chi connectivity index (χ1) is 6.31. The number of hydrogen-bond acceptors (Lipinski definition) is 2. The number of rotatable bonds is 2. The van der Waals surface area contributed by atoms with Gasteiger partial charge in [-0.15, -0.1) is 0 Å². The lowest BCUT2D eigenvalue weighted by Gasteiger charge is -2.07. The molecule has 0 spiro atoms. The van der Waals surface area contributed by atoms with Gasteiger partial charge in [0.25, 0.3) is 0 Å². The third kappa shape index (κ3) is 1.93. The molecule has 3 heteroatoms. The average Bonchev–Trinajstić information content (AvgIpc) is 1.76. The fourth-order valence-electron chi connectivity index (χ4n) is 0.123. The third-order valence-corrected chi connectivity index (χ3v) is 0.558. The van der Waals surface area contributed by atoms with Gasteiger partial charge < -0.3 is 10.8 Å². The molecule has 0 fully saturated rings. The summed E-state index contributed by atoms with van der Waals surface area (Å²) >= 11 is 0. The Morgan fingerprint density at radius 1 is 2.00 bits per heavy atom. The summed E-state index contributed by atoms with van der Waals surface area (Å²) in [6, 6.07) is -3.07. The van der Waals surface area contributed by atoms with Crippen molar-refractivity contribution >= 4 is 5.97 Å². The SMILES string of the molecule is [2H]C([2H])([2H])C(C([2H])([2H])[2H])[C@]([2H])(N)C(=O)O. The standard InChI is InChI=1S/C5H11NO2/c1-3(2)4(6)5(7)8/h3-4H,6H2,1-2H3,(H,7,8)/t4-/m0/s1/i1D3,2D3,4D. The van der Waals surface area contributed by atoms with Gasteiger partial charge in [-0.3, -0.25) is 4.79 Å². The van der Waals surface area contributed by atoms with Gasteiger partial charge in [0, 0.05) is 8.22 Å². The molecule has 48 valence electrons. The molecule has 0 amide bonds. The molecule has 0 heterocycles. The van der Waals surface area contributed by atoms with Crippen molar-refractivity contribution in [1.29, 1.82) is 0 Å². The summed E-state index contributed by atoms with van der Waals surface area (Å²) in [5.41, 5.74) is 4.92. The number of carboxylic acid groups (broad SMARTS) is 1. The lowest BCUT2D eigenvalue weighted by molar-refractivity contribution is -0.139. The van der Waals surface area contributed by atoms with Crippen molar-refractivity contribution in [3.05, 3.63) is 0 Å². The molecule has 0 aliphatic carbocycles. The van der Waals surface area contributed by atoms with Gasteiger partial charge in [0.2, 0.25) is 0 Å². The minimum atomic E-state index is -3.14. The maximum atomic E-state index is 10.5. The minimum absolute atomic E-state index is 1.99. The Morgan fingerprint density at radius 3 is 2.62 bits per heavy atom. The van der Waals surface area contributed by atoms with Crippen molar-refractivity contribution in [2.45, 2.75) is 19.7 Å². The van der Waals surface area contributed by atoms with E-state index >= 15 is 0 Å². The highest BCUT2D eigenvalue weighted by Crippen LogP contribution is 1.96. The Labute approximate surface area is 58.3 Å². The van der Waals surface area contributed by atoms with E-state index in [2.05, 4.69) is 0 Å². The van der Waals surface area contributed by atoms with E-state index in [1.54, 1.807) is 0 Å². The monoisotopic (exact) mass is 124 g/mol. The van der Waals surface area contributed by atoms with Crippen LogP contribution in [0.2, 0.25) is 0 Å². The maximum Gasteiger partial charge on any atom is 0.320 e. The van der Waals surface area contributed by atoms with Crippen LogP contribution in [0.4, 0.5) is 0 Å². The van der Waals surface area contributed by atoms with Crippen LogP contribution in [-0.2, 0) is 4.79 Å². The largest absolute Gasteiger partial charge is 0.480 e. The highest BCUT2D eigenvalue weighted by Gasteiger charge is 2.14. The lowest BCUT2D eigenvalue weighted by Crippen LogP contribution is -2.34. The van der Waals surface area contributed by atoms with Crippen molar-refractivity contribution in [1.82, 2.24) is 0 Å². The van der Waals surface area contributed by atoms with Crippen LogP contribution >= 0.6 is 0 Å². The summed E-state index contributed by atoms with van der Waals surface area (Å²) < 4.78 is 48.5. The summed E-state index contributed by atoms with van der Waals surface area (Å²) in [4.78, 5) is 10.5. The van der Waals surface area contributed by atoms with E-state index in [4.69, 9.17) is 20.4 Å². The Hall–Kier alpha value is -0.570. The summed E-state index contributed by atoms with van der Waals surface area (Å²) in [7, 11) is 0. The molecule has 0 aliphatic rings. The van der Waals surface area contributed by atoms with E-state index in [0.717, 1.165) is 0 Å². The molecule has 8 heavy (non-hydrogen) atoms. The first-order valence-electron chi connectivity index (χ1n) is 5.33. The molecular weight excluding hydrogens is 106 g/mol. The summed E-state index contributed by atoms with van der Waals surface area (Å²) in [5, 5.41) is 8.53. The molecule has 0 saturated carbocycles. The van der Waals surface area contributed by atoms with Gasteiger partial charge in [-0.2, -0.15) is 0 Å². The molecule has 0 unspecified atom stereocenters. The lowest BCUT2D eigenvalue weighted by atomic mass is 10.1. The number of aliphatic carboxylic acids is 1. The zero-order valence-electron chi connectivity index (χ0n) is 11.0. The van der Waals surface area contributed by atoms with Crippen molar-refractivity contribution in [3.8, 4) is 0 Å². The predicted molar refractivity (Wildman–Crippen MR) is 30.4 cm³/mol. The molecular formula is C5H11NO2. The van der Waals surface area contributed by atoms with E-state index < -0.39 is 31.6 Å². The number of hydrogen-bond donors (Lipinski definition) is 2. The summed E-state index contributed by atoms with van der Waals surface area (Å²) in [5.74, 6) is -4.42. The van der Waals surface area contributed by atoms with Crippen LogP contribution in [0, 0.1) is 5.92 Å². The molecule has 0 aromatic carbocycles. The van der Waals surface area contributed by atoms with Gasteiger partial charge in [0.15, 0.2) is 0 Å². The van der Waals surface area contributed by atoms with E-state index in [0.29, 0.717) is 0 Å². The Balaban J connectivity index is 5.43. The Morgan fingerprint density at radius 2 is 2.50 bits per heavy atom. The second kappa shape index (κ2) is 2.67. The van der Waals surface area contributed by atoms with Crippen LogP contribution in [0.15, 0.2) is 0 Å². The molecule has 0 aromatic heterocycles. The summed E-state index contributed by atoms with van der Waals surface area (Å²) in [6.45, 7) is -6.28. The smallest absolute Gasteiger partial charge is 0.320 e. The molecule has 0 bridgehead atoms. The van der Waals surface area contributed by atoms with Crippen molar-refractivity contribution < 1.29 is 19.5 Å². The van der Waals surface area contributed by atoms with E-state index in [-0.39, 0.29) is 0 Å². The van der Waals surface area contributed by atoms with Crippen LogP contribution < -0.4 is 5.73 Å².